The fraction of sp³-hybridized carbons (Fsp3) is 0.231. The van der Waals surface area contributed by atoms with Crippen LogP contribution in [-0.2, 0) is 11.2 Å². The molecule has 3 aromatic rings. The quantitative estimate of drug-likeness (QED) is 0.725. The number of aliphatic carboxylic acids is 1. The first kappa shape index (κ1) is 14.2. The van der Waals surface area contributed by atoms with Gasteiger partial charge in [0.1, 0.15) is 21.8 Å². The van der Waals surface area contributed by atoms with E-state index in [9.17, 15) is 9.59 Å². The number of rotatable bonds is 2. The fourth-order valence-electron chi connectivity index (χ4n) is 2.25. The third-order valence-corrected chi connectivity index (χ3v) is 5.43. The van der Waals surface area contributed by atoms with Gasteiger partial charge in [-0.25, -0.2) is 9.97 Å². The van der Waals surface area contributed by atoms with Gasteiger partial charge in [-0.3, -0.25) is 9.59 Å². The lowest BCUT2D eigenvalue weighted by atomic mass is 10.1. The molecule has 0 aliphatic heterocycles. The van der Waals surface area contributed by atoms with Crippen LogP contribution in [0.4, 0.5) is 0 Å². The molecule has 0 aliphatic carbocycles. The Morgan fingerprint density at radius 1 is 1.38 bits per heavy atom. The van der Waals surface area contributed by atoms with E-state index in [1.165, 1.54) is 11.3 Å². The number of H-pyrrole nitrogens is 1. The molecule has 108 valence electrons. The number of aryl methyl sites for hydroxylation is 2. The molecule has 21 heavy (non-hydrogen) atoms. The molecule has 0 unspecified atom stereocenters. The van der Waals surface area contributed by atoms with Gasteiger partial charge in [0.05, 0.1) is 11.2 Å². The first-order valence-electron chi connectivity index (χ1n) is 6.08. The van der Waals surface area contributed by atoms with Crippen molar-refractivity contribution in [1.82, 2.24) is 15.0 Å². The molecule has 0 aromatic carbocycles. The number of hydrogen-bond donors (Lipinski definition) is 2. The second-order valence-electron chi connectivity index (χ2n) is 4.68. The minimum Gasteiger partial charge on any atom is -0.481 e. The smallest absolute Gasteiger partial charge is 0.311 e. The highest BCUT2D eigenvalue weighted by Crippen LogP contribution is 2.35. The highest BCUT2D eigenvalue weighted by Gasteiger charge is 2.17. The van der Waals surface area contributed by atoms with Crippen LogP contribution in [0.3, 0.4) is 0 Å². The molecule has 3 heterocycles. The molecular formula is C13H10BrN3O3S. The summed E-state index contributed by atoms with van der Waals surface area (Å²) >= 11 is 4.75. The number of nitrogens with one attached hydrogen (secondary N) is 1. The SMILES string of the molecule is Cc1nc2sc3c(=O)[nH]c(CC(=O)O)nc3c2c(C)c1Br. The highest BCUT2D eigenvalue weighted by molar-refractivity contribution is 9.10. The minimum atomic E-state index is -1.04. The Balaban J connectivity index is 2.45. The summed E-state index contributed by atoms with van der Waals surface area (Å²) in [7, 11) is 0. The van der Waals surface area contributed by atoms with Gasteiger partial charge in [-0.05, 0) is 35.3 Å². The largest absolute Gasteiger partial charge is 0.481 e. The van der Waals surface area contributed by atoms with Crippen LogP contribution >= 0.6 is 27.3 Å². The van der Waals surface area contributed by atoms with E-state index in [1.54, 1.807) is 0 Å². The molecule has 0 aliphatic rings. The second kappa shape index (κ2) is 4.88. The lowest BCUT2D eigenvalue weighted by molar-refractivity contribution is -0.136. The zero-order chi connectivity index (χ0) is 15.3. The molecule has 6 nitrogen and oxygen atoms in total. The number of thiophene rings is 1. The van der Waals surface area contributed by atoms with Crippen molar-refractivity contribution in [2.24, 2.45) is 0 Å². The van der Waals surface area contributed by atoms with Crippen LogP contribution < -0.4 is 5.56 Å². The molecule has 0 amide bonds. The van der Waals surface area contributed by atoms with Crippen LogP contribution in [-0.4, -0.2) is 26.0 Å². The molecule has 3 rings (SSSR count). The topological polar surface area (TPSA) is 95.9 Å². The zero-order valence-electron chi connectivity index (χ0n) is 11.2. The van der Waals surface area contributed by atoms with Gasteiger partial charge in [-0.2, -0.15) is 0 Å². The van der Waals surface area contributed by atoms with E-state index in [2.05, 4.69) is 30.9 Å². The normalized spacial score (nSPS) is 11.4. The van der Waals surface area contributed by atoms with Crippen molar-refractivity contribution in [3.63, 3.8) is 0 Å². The summed E-state index contributed by atoms with van der Waals surface area (Å²) < 4.78 is 1.34. The first-order valence-corrected chi connectivity index (χ1v) is 7.69. The van der Waals surface area contributed by atoms with Crippen LogP contribution in [0, 0.1) is 13.8 Å². The predicted octanol–water partition coefficient (Wildman–Crippen LogP) is 2.54. The molecule has 0 spiro atoms. The number of carboxylic acid groups (broad SMARTS) is 1. The lowest BCUT2D eigenvalue weighted by Gasteiger charge is -2.04. The minimum absolute atomic E-state index is 0.149. The van der Waals surface area contributed by atoms with E-state index in [1.807, 2.05) is 13.8 Å². The van der Waals surface area contributed by atoms with Crippen LogP contribution in [0.15, 0.2) is 9.27 Å². The molecule has 3 aromatic heterocycles. The van der Waals surface area contributed by atoms with Crippen molar-refractivity contribution in [1.29, 1.82) is 0 Å². The van der Waals surface area contributed by atoms with Gasteiger partial charge >= 0.3 is 5.97 Å². The summed E-state index contributed by atoms with van der Waals surface area (Å²) in [6.07, 6.45) is -0.317. The van der Waals surface area contributed by atoms with Gasteiger partial charge < -0.3 is 10.1 Å². The highest BCUT2D eigenvalue weighted by atomic mass is 79.9. The van der Waals surface area contributed by atoms with E-state index >= 15 is 0 Å². The molecule has 0 saturated heterocycles. The number of aromatic amines is 1. The second-order valence-corrected chi connectivity index (χ2v) is 6.47. The van der Waals surface area contributed by atoms with Gasteiger partial charge in [0.2, 0.25) is 0 Å². The maximum atomic E-state index is 12.1. The number of carboxylic acids is 1. The van der Waals surface area contributed by atoms with Crippen LogP contribution in [0.2, 0.25) is 0 Å². The Hall–Kier alpha value is -1.80. The van der Waals surface area contributed by atoms with Crippen LogP contribution in [0.5, 0.6) is 0 Å². The Bertz CT molecular complexity index is 961. The Kier molecular flexibility index (Phi) is 3.29. The molecule has 8 heteroatoms. The summed E-state index contributed by atoms with van der Waals surface area (Å²) in [4.78, 5) is 34.9. The number of hydrogen-bond acceptors (Lipinski definition) is 5. The maximum Gasteiger partial charge on any atom is 0.311 e. The number of halogens is 1. The number of nitrogens with zero attached hydrogens (tertiary/aromatic N) is 2. The average Bonchev–Trinajstić information content (AvgIpc) is 2.74. The zero-order valence-corrected chi connectivity index (χ0v) is 13.6. The Labute approximate surface area is 131 Å². The predicted molar refractivity (Wildman–Crippen MR) is 84.1 cm³/mol. The third-order valence-electron chi connectivity index (χ3n) is 3.19. The summed E-state index contributed by atoms with van der Waals surface area (Å²) in [5, 5.41) is 9.65. The summed E-state index contributed by atoms with van der Waals surface area (Å²) in [6.45, 7) is 3.81. The summed E-state index contributed by atoms with van der Waals surface area (Å²) in [6, 6.07) is 0. The fourth-order valence-corrected chi connectivity index (χ4v) is 3.65. The summed E-state index contributed by atoms with van der Waals surface area (Å²) in [5.74, 6) is -0.889. The monoisotopic (exact) mass is 367 g/mol. The Morgan fingerprint density at radius 3 is 2.76 bits per heavy atom. The average molecular weight is 368 g/mol. The standard InChI is InChI=1S/C13H10BrN3O3S/c1-4-8-10-11(21-13(8)15-5(2)9(4)14)12(20)17-6(16-10)3-7(18)19/h3H2,1-2H3,(H,18,19)(H,16,17,20). The van der Waals surface area contributed by atoms with E-state index in [-0.39, 0.29) is 17.8 Å². The molecule has 2 N–H and O–H groups in total. The number of pyridine rings is 1. The Morgan fingerprint density at radius 2 is 2.10 bits per heavy atom. The van der Waals surface area contributed by atoms with E-state index in [0.717, 1.165) is 25.9 Å². The van der Waals surface area contributed by atoms with Crippen LogP contribution in [0.25, 0.3) is 20.4 Å². The van der Waals surface area contributed by atoms with Gasteiger partial charge in [0.15, 0.2) is 0 Å². The summed E-state index contributed by atoms with van der Waals surface area (Å²) in [5.41, 5.74) is 1.98. The van der Waals surface area contributed by atoms with Crippen molar-refractivity contribution in [2.45, 2.75) is 20.3 Å². The number of carbonyl (C=O) groups is 1. The number of aromatic nitrogens is 3. The number of fused-ring (bicyclic) bond motifs is 3. The lowest BCUT2D eigenvalue weighted by Crippen LogP contribution is -2.13. The molecule has 0 saturated carbocycles. The molecule has 0 radical (unpaired) electrons. The van der Waals surface area contributed by atoms with Crippen molar-refractivity contribution >= 4 is 53.7 Å². The van der Waals surface area contributed by atoms with E-state index in [0.29, 0.717) is 10.2 Å². The third kappa shape index (κ3) is 2.24. The maximum absolute atomic E-state index is 12.1. The van der Waals surface area contributed by atoms with E-state index in [4.69, 9.17) is 5.11 Å². The van der Waals surface area contributed by atoms with E-state index < -0.39 is 5.97 Å². The van der Waals surface area contributed by atoms with Gasteiger partial charge in [-0.15, -0.1) is 11.3 Å². The van der Waals surface area contributed by atoms with Crippen molar-refractivity contribution in [3.8, 4) is 0 Å². The van der Waals surface area contributed by atoms with Crippen molar-refractivity contribution in [2.75, 3.05) is 0 Å². The molecule has 0 bridgehead atoms. The first-order chi connectivity index (χ1) is 9.88. The van der Waals surface area contributed by atoms with Crippen molar-refractivity contribution in [3.05, 3.63) is 31.9 Å². The van der Waals surface area contributed by atoms with Gasteiger partial charge in [-0.1, -0.05) is 0 Å². The molecular weight excluding hydrogens is 358 g/mol. The van der Waals surface area contributed by atoms with Gasteiger partial charge in [0.25, 0.3) is 5.56 Å². The van der Waals surface area contributed by atoms with Crippen LogP contribution in [0.1, 0.15) is 17.1 Å². The molecule has 0 fully saturated rings. The van der Waals surface area contributed by atoms with Gasteiger partial charge in [0, 0.05) is 9.86 Å². The molecule has 0 atom stereocenters. The van der Waals surface area contributed by atoms with Crippen molar-refractivity contribution < 1.29 is 9.90 Å².